The fourth-order valence-electron chi connectivity index (χ4n) is 1.25. The molecular weight excluding hydrogens is 271 g/mol. The van der Waals surface area contributed by atoms with Crippen molar-refractivity contribution < 1.29 is 27.9 Å². The van der Waals surface area contributed by atoms with Crippen LogP contribution in [0.25, 0.3) is 0 Å². The van der Waals surface area contributed by atoms with Crippen LogP contribution in [0.15, 0.2) is 6.07 Å². The number of amides is 1. The van der Waals surface area contributed by atoms with Crippen LogP contribution in [-0.4, -0.2) is 23.2 Å². The predicted molar refractivity (Wildman–Crippen MR) is 60.1 cm³/mol. The third-order valence-electron chi connectivity index (χ3n) is 2.07. The molecule has 0 aromatic carbocycles. The van der Waals surface area contributed by atoms with Crippen LogP contribution in [0.2, 0.25) is 0 Å². The third-order valence-corrected chi connectivity index (χ3v) is 3.13. The van der Waals surface area contributed by atoms with Crippen molar-refractivity contribution in [2.24, 2.45) is 0 Å². The van der Waals surface area contributed by atoms with Gasteiger partial charge in [0.25, 0.3) is 0 Å². The summed E-state index contributed by atoms with van der Waals surface area (Å²) in [6.07, 6.45) is -4.99. The van der Waals surface area contributed by atoms with Crippen LogP contribution in [0, 0.1) is 0 Å². The van der Waals surface area contributed by atoms with Crippen molar-refractivity contribution in [3.8, 4) is 0 Å². The maximum atomic E-state index is 12.0. The average Bonchev–Trinajstić information content (AvgIpc) is 2.60. The van der Waals surface area contributed by atoms with E-state index < -0.39 is 18.1 Å². The van der Waals surface area contributed by atoms with Gasteiger partial charge in [0.2, 0.25) is 0 Å². The molecule has 1 aromatic heterocycles. The number of hydrogen-bond donors (Lipinski definition) is 2. The van der Waals surface area contributed by atoms with Crippen molar-refractivity contribution in [2.75, 3.05) is 5.32 Å². The molecule has 0 saturated carbocycles. The lowest BCUT2D eigenvalue weighted by molar-refractivity contribution is -0.167. The predicted octanol–water partition coefficient (Wildman–Crippen LogP) is 3.07. The van der Waals surface area contributed by atoms with Gasteiger partial charge < -0.3 is 10.4 Å². The van der Waals surface area contributed by atoms with Crippen molar-refractivity contribution >= 4 is 28.2 Å². The summed E-state index contributed by atoms with van der Waals surface area (Å²) in [4.78, 5) is 21.5. The quantitative estimate of drug-likeness (QED) is 0.894. The molecule has 0 saturated heterocycles. The van der Waals surface area contributed by atoms with Gasteiger partial charge in [0.1, 0.15) is 4.88 Å². The van der Waals surface area contributed by atoms with Gasteiger partial charge in [0, 0.05) is 0 Å². The van der Waals surface area contributed by atoms with Crippen molar-refractivity contribution in [1.82, 2.24) is 0 Å². The van der Waals surface area contributed by atoms with Gasteiger partial charge in [-0.3, -0.25) is 4.79 Å². The van der Waals surface area contributed by atoms with Gasteiger partial charge >= 0.3 is 18.1 Å². The van der Waals surface area contributed by atoms with Gasteiger partial charge in [-0.05, 0) is 17.5 Å². The topological polar surface area (TPSA) is 66.4 Å². The molecule has 0 spiro atoms. The molecule has 1 rings (SSSR count). The van der Waals surface area contributed by atoms with Crippen LogP contribution in [0.4, 0.5) is 18.2 Å². The molecule has 1 aromatic rings. The summed E-state index contributed by atoms with van der Waals surface area (Å²) in [5.74, 6) is -3.50. The Balaban J connectivity index is 3.03. The second-order valence-corrected chi connectivity index (χ2v) is 4.86. The Kier molecular flexibility index (Phi) is 4.00. The molecule has 8 heteroatoms. The maximum Gasteiger partial charge on any atom is 0.471 e. The number of carboxylic acids is 1. The number of rotatable bonds is 3. The Morgan fingerprint density at radius 3 is 2.28 bits per heavy atom. The minimum atomic E-state index is -4.99. The van der Waals surface area contributed by atoms with Crippen LogP contribution < -0.4 is 5.32 Å². The summed E-state index contributed by atoms with van der Waals surface area (Å²) in [6.45, 7) is 3.42. The molecule has 1 heterocycles. The van der Waals surface area contributed by atoms with E-state index in [9.17, 15) is 22.8 Å². The molecule has 18 heavy (non-hydrogen) atoms. The second kappa shape index (κ2) is 4.97. The summed E-state index contributed by atoms with van der Waals surface area (Å²) in [7, 11) is 0. The zero-order valence-corrected chi connectivity index (χ0v) is 10.3. The zero-order valence-electron chi connectivity index (χ0n) is 9.46. The standard InChI is InChI=1S/C10H10F3NO3S/c1-4(2)5-3-6(18-7(5)8(15)16)14-9(17)10(11,12)13/h3-4H,1-2H3,(H,14,17)(H,15,16). The molecule has 0 aliphatic carbocycles. The van der Waals surface area contributed by atoms with Gasteiger partial charge in [-0.25, -0.2) is 4.79 Å². The first kappa shape index (κ1) is 14.5. The van der Waals surface area contributed by atoms with E-state index >= 15 is 0 Å². The number of carbonyl (C=O) groups is 2. The third kappa shape index (κ3) is 3.22. The van der Waals surface area contributed by atoms with E-state index in [0.717, 1.165) is 0 Å². The molecular formula is C10H10F3NO3S. The summed E-state index contributed by atoms with van der Waals surface area (Å²) < 4.78 is 36.1. The number of nitrogens with one attached hydrogen (secondary N) is 1. The zero-order chi connectivity index (χ0) is 14.1. The van der Waals surface area contributed by atoms with Crippen molar-refractivity contribution in [1.29, 1.82) is 0 Å². The monoisotopic (exact) mass is 281 g/mol. The van der Waals surface area contributed by atoms with E-state index in [4.69, 9.17) is 5.11 Å². The van der Waals surface area contributed by atoms with Gasteiger partial charge in [0.05, 0.1) is 5.00 Å². The lowest BCUT2D eigenvalue weighted by Crippen LogP contribution is -2.29. The molecule has 0 atom stereocenters. The maximum absolute atomic E-state index is 12.0. The molecule has 100 valence electrons. The van der Waals surface area contributed by atoms with E-state index in [1.165, 1.54) is 6.07 Å². The van der Waals surface area contributed by atoms with Crippen LogP contribution in [0.3, 0.4) is 0 Å². The highest BCUT2D eigenvalue weighted by Gasteiger charge is 2.39. The first-order chi connectivity index (χ1) is 8.12. The SMILES string of the molecule is CC(C)c1cc(NC(=O)C(F)(F)F)sc1C(=O)O. The van der Waals surface area contributed by atoms with Crippen molar-refractivity contribution in [2.45, 2.75) is 25.9 Å². The number of halogens is 3. The van der Waals surface area contributed by atoms with Gasteiger partial charge in [-0.15, -0.1) is 11.3 Å². The Morgan fingerprint density at radius 1 is 1.39 bits per heavy atom. The number of anilines is 1. The molecule has 2 N–H and O–H groups in total. The molecule has 0 radical (unpaired) electrons. The summed E-state index contributed by atoms with van der Waals surface area (Å²) >= 11 is 0.609. The molecule has 1 amide bonds. The van der Waals surface area contributed by atoms with Crippen molar-refractivity contribution in [3.63, 3.8) is 0 Å². The Morgan fingerprint density at radius 2 is 1.94 bits per heavy atom. The first-order valence-corrected chi connectivity index (χ1v) is 5.69. The largest absolute Gasteiger partial charge is 0.477 e. The number of carboxylic acid groups (broad SMARTS) is 1. The fraction of sp³-hybridized carbons (Fsp3) is 0.400. The highest BCUT2D eigenvalue weighted by Crippen LogP contribution is 2.33. The normalized spacial score (nSPS) is 11.7. The lowest BCUT2D eigenvalue weighted by atomic mass is 10.0. The minimum Gasteiger partial charge on any atom is -0.477 e. The van der Waals surface area contributed by atoms with Crippen molar-refractivity contribution in [3.05, 3.63) is 16.5 Å². The first-order valence-electron chi connectivity index (χ1n) is 4.88. The number of aromatic carboxylic acids is 1. The van der Waals surface area contributed by atoms with Crippen LogP contribution in [-0.2, 0) is 4.79 Å². The summed E-state index contributed by atoms with van der Waals surface area (Å²) in [5.41, 5.74) is 0.393. The number of alkyl halides is 3. The smallest absolute Gasteiger partial charge is 0.471 e. The van der Waals surface area contributed by atoms with E-state index in [1.54, 1.807) is 19.2 Å². The summed E-state index contributed by atoms with van der Waals surface area (Å²) in [6, 6.07) is 1.25. The number of hydrogen-bond acceptors (Lipinski definition) is 3. The van der Waals surface area contributed by atoms with Crippen LogP contribution in [0.1, 0.15) is 35.0 Å². The number of thiophene rings is 1. The molecule has 0 unspecified atom stereocenters. The van der Waals surface area contributed by atoms with E-state index in [0.29, 0.717) is 16.9 Å². The van der Waals surface area contributed by atoms with Crippen LogP contribution in [0.5, 0.6) is 0 Å². The van der Waals surface area contributed by atoms with Gasteiger partial charge in [-0.1, -0.05) is 13.8 Å². The Labute approximate surface area is 104 Å². The summed E-state index contributed by atoms with van der Waals surface area (Å²) in [5, 5.41) is 10.4. The Hall–Kier alpha value is -1.57. The fourth-order valence-corrected chi connectivity index (χ4v) is 2.29. The lowest BCUT2D eigenvalue weighted by Gasteiger charge is -2.05. The van der Waals surface area contributed by atoms with Crippen LogP contribution >= 0.6 is 11.3 Å². The van der Waals surface area contributed by atoms with E-state index in [-0.39, 0.29) is 15.8 Å². The van der Waals surface area contributed by atoms with E-state index in [2.05, 4.69) is 0 Å². The average molecular weight is 281 g/mol. The minimum absolute atomic E-state index is 0.0672. The molecule has 4 nitrogen and oxygen atoms in total. The molecule has 0 bridgehead atoms. The second-order valence-electron chi connectivity index (χ2n) is 3.81. The highest BCUT2D eigenvalue weighted by atomic mass is 32.1. The highest BCUT2D eigenvalue weighted by molar-refractivity contribution is 7.18. The molecule has 0 fully saturated rings. The van der Waals surface area contributed by atoms with E-state index in [1.807, 2.05) is 0 Å². The van der Waals surface area contributed by atoms with Gasteiger partial charge in [-0.2, -0.15) is 13.2 Å². The number of carbonyl (C=O) groups excluding carboxylic acids is 1. The molecule has 0 aliphatic heterocycles. The van der Waals surface area contributed by atoms with Gasteiger partial charge in [0.15, 0.2) is 0 Å². The molecule has 0 aliphatic rings. The Bertz CT molecular complexity index is 479.